The fraction of sp³-hybridized carbons (Fsp3) is 0.0556. The molecule has 0 aliphatic heterocycles. The van der Waals surface area contributed by atoms with Crippen LogP contribution < -0.4 is 10.6 Å². The highest BCUT2D eigenvalue weighted by molar-refractivity contribution is 9.10. The van der Waals surface area contributed by atoms with E-state index in [0.29, 0.717) is 22.5 Å². The van der Waals surface area contributed by atoms with Crippen LogP contribution in [0.15, 0.2) is 126 Å². The molecule has 45 heavy (non-hydrogen) atoms. The molecule has 0 aliphatic rings. The van der Waals surface area contributed by atoms with Crippen LogP contribution in [0.4, 0.5) is 5.82 Å². The van der Waals surface area contributed by atoms with Gasteiger partial charge in [0.05, 0.1) is 11.4 Å². The molecule has 0 spiro atoms. The van der Waals surface area contributed by atoms with Crippen molar-refractivity contribution in [1.82, 2.24) is 19.7 Å². The Labute approximate surface area is 274 Å². The van der Waals surface area contributed by atoms with E-state index >= 15 is 0 Å². The van der Waals surface area contributed by atoms with Crippen molar-refractivity contribution in [3.63, 3.8) is 0 Å². The molecule has 9 heteroatoms. The van der Waals surface area contributed by atoms with Crippen molar-refractivity contribution in [2.75, 3.05) is 5.32 Å². The minimum Gasteiger partial charge on any atom is -0.318 e. The Balaban J connectivity index is 1.24. The number of benzene rings is 4. The molecule has 7 nitrogen and oxygen atoms in total. The Morgan fingerprint density at radius 2 is 1.33 bits per heavy atom. The Bertz CT molecular complexity index is 2020. The van der Waals surface area contributed by atoms with Crippen molar-refractivity contribution < 1.29 is 9.59 Å². The molecule has 0 fully saturated rings. The van der Waals surface area contributed by atoms with Crippen LogP contribution in [0.5, 0.6) is 0 Å². The average Bonchev–Trinajstić information content (AvgIpc) is 3.61. The smallest absolute Gasteiger partial charge is 0.257 e. The number of carbonyl (C=O) groups is 2. The number of amides is 1. The van der Waals surface area contributed by atoms with Gasteiger partial charge in [0.25, 0.3) is 5.91 Å². The van der Waals surface area contributed by atoms with E-state index in [1.807, 2.05) is 66.7 Å². The van der Waals surface area contributed by atoms with Gasteiger partial charge in [0.2, 0.25) is 0 Å². The van der Waals surface area contributed by atoms with E-state index in [2.05, 4.69) is 63.2 Å². The first-order chi connectivity index (χ1) is 21.8. The Hall–Kier alpha value is -5.12. The molecule has 0 bridgehead atoms. The van der Waals surface area contributed by atoms with Gasteiger partial charge in [0.15, 0.2) is 10.9 Å². The van der Waals surface area contributed by atoms with Crippen LogP contribution in [0, 0.1) is 13.8 Å². The highest BCUT2D eigenvalue weighted by Gasteiger charge is 2.19. The minimum atomic E-state index is -0.393. The van der Waals surface area contributed by atoms with Crippen molar-refractivity contribution in [3.05, 3.63) is 154 Å². The predicted molar refractivity (Wildman–Crippen MR) is 186 cm³/mol. The number of rotatable bonds is 7. The van der Waals surface area contributed by atoms with E-state index in [0.717, 1.165) is 38.5 Å². The zero-order valence-electron chi connectivity index (χ0n) is 24.5. The van der Waals surface area contributed by atoms with E-state index in [4.69, 9.17) is 17.3 Å². The van der Waals surface area contributed by atoms with Gasteiger partial charge in [-0.3, -0.25) is 14.9 Å². The van der Waals surface area contributed by atoms with Crippen LogP contribution in [-0.4, -0.2) is 31.2 Å². The first kappa shape index (κ1) is 29.9. The SMILES string of the molecule is Cc1cc(-c2cc(NC(=S)NC(=O)c3ccc(C(=O)c4ccccc4)cc3)n(-c3ccccc3)n2)c(C)n1-c1ccc(Br)cc1. The van der Waals surface area contributed by atoms with Crippen LogP contribution in [-0.2, 0) is 0 Å². The average molecular weight is 675 g/mol. The maximum atomic E-state index is 13.1. The monoisotopic (exact) mass is 673 g/mol. The van der Waals surface area contributed by atoms with Gasteiger partial charge in [0.1, 0.15) is 5.82 Å². The second-order valence-corrected chi connectivity index (χ2v) is 11.8. The number of aryl methyl sites for hydroxylation is 1. The van der Waals surface area contributed by atoms with Crippen LogP contribution >= 0.6 is 28.1 Å². The second kappa shape index (κ2) is 12.9. The van der Waals surface area contributed by atoms with Gasteiger partial charge in [-0.2, -0.15) is 5.10 Å². The summed E-state index contributed by atoms with van der Waals surface area (Å²) in [5.41, 5.74) is 7.21. The summed E-state index contributed by atoms with van der Waals surface area (Å²) in [6.07, 6.45) is 0. The van der Waals surface area contributed by atoms with Gasteiger partial charge < -0.3 is 9.88 Å². The number of halogens is 1. The molecule has 222 valence electrons. The van der Waals surface area contributed by atoms with Gasteiger partial charge in [-0.25, -0.2) is 4.68 Å². The summed E-state index contributed by atoms with van der Waals surface area (Å²) in [6.45, 7) is 4.14. The minimum absolute atomic E-state index is 0.109. The largest absolute Gasteiger partial charge is 0.318 e. The molecule has 2 heterocycles. The number of anilines is 1. The van der Waals surface area contributed by atoms with Crippen molar-refractivity contribution in [2.45, 2.75) is 13.8 Å². The number of aromatic nitrogens is 3. The molecule has 0 unspecified atom stereocenters. The molecule has 6 aromatic rings. The number of nitrogens with zero attached hydrogens (tertiary/aromatic N) is 3. The van der Waals surface area contributed by atoms with E-state index < -0.39 is 5.91 Å². The second-order valence-electron chi connectivity index (χ2n) is 10.4. The molecule has 1 amide bonds. The molecule has 0 aliphatic carbocycles. The van der Waals surface area contributed by atoms with Crippen LogP contribution in [0.25, 0.3) is 22.6 Å². The topological polar surface area (TPSA) is 80.9 Å². The van der Waals surface area contributed by atoms with E-state index in [1.54, 1.807) is 41.1 Å². The standard InChI is InChI=1S/C36H28BrN5O2S/c1-23-21-31(24(2)41(23)29-19-17-28(37)18-20-29)32-22-33(42(40-32)30-11-7-4-8-12-30)38-36(45)39-35(44)27-15-13-26(14-16-27)34(43)25-9-5-3-6-10-25/h3-22H,1-2H3,(H2,38,39,44,45). The van der Waals surface area contributed by atoms with Gasteiger partial charge >= 0.3 is 0 Å². The van der Waals surface area contributed by atoms with E-state index in [1.165, 1.54) is 0 Å². The lowest BCUT2D eigenvalue weighted by molar-refractivity contribution is 0.0975. The van der Waals surface area contributed by atoms with Crippen molar-refractivity contribution in [2.24, 2.45) is 0 Å². The zero-order chi connectivity index (χ0) is 31.5. The number of carbonyl (C=O) groups excluding carboxylic acids is 2. The van der Waals surface area contributed by atoms with Gasteiger partial charge in [-0.05, 0) is 80.7 Å². The number of thiocarbonyl (C=S) groups is 1. The molecule has 0 radical (unpaired) electrons. The van der Waals surface area contributed by atoms with Crippen molar-refractivity contribution >= 4 is 50.8 Å². The number of hydrogen-bond acceptors (Lipinski definition) is 4. The molecular weight excluding hydrogens is 646 g/mol. The highest BCUT2D eigenvalue weighted by Crippen LogP contribution is 2.32. The summed E-state index contributed by atoms with van der Waals surface area (Å²) in [5, 5.41) is 11.0. The Morgan fingerprint density at radius 1 is 0.733 bits per heavy atom. The van der Waals surface area contributed by atoms with Crippen LogP contribution in [0.3, 0.4) is 0 Å². The summed E-state index contributed by atoms with van der Waals surface area (Å²) >= 11 is 9.07. The fourth-order valence-electron chi connectivity index (χ4n) is 5.23. The van der Waals surface area contributed by atoms with Crippen molar-refractivity contribution in [1.29, 1.82) is 0 Å². The van der Waals surface area contributed by atoms with Gasteiger partial charge in [0, 0.05) is 49.9 Å². The van der Waals surface area contributed by atoms with Gasteiger partial charge in [-0.15, -0.1) is 0 Å². The van der Waals surface area contributed by atoms with Gasteiger partial charge in [-0.1, -0.05) is 76.6 Å². The van der Waals surface area contributed by atoms with Crippen LogP contribution in [0.1, 0.15) is 37.7 Å². The maximum Gasteiger partial charge on any atom is 0.257 e. The molecule has 0 atom stereocenters. The molecular formula is C36H28BrN5O2S. The third kappa shape index (κ3) is 6.40. The molecule has 6 rings (SSSR count). The third-order valence-electron chi connectivity index (χ3n) is 7.42. The molecule has 2 N–H and O–H groups in total. The lowest BCUT2D eigenvalue weighted by Crippen LogP contribution is -2.34. The number of hydrogen-bond donors (Lipinski definition) is 2. The quantitative estimate of drug-likeness (QED) is 0.132. The third-order valence-corrected chi connectivity index (χ3v) is 8.15. The van der Waals surface area contributed by atoms with Crippen LogP contribution in [0.2, 0.25) is 0 Å². The predicted octanol–water partition coefficient (Wildman–Crippen LogP) is 8.07. The number of ketones is 1. The first-order valence-corrected chi connectivity index (χ1v) is 15.4. The normalized spacial score (nSPS) is 10.8. The lowest BCUT2D eigenvalue weighted by Gasteiger charge is -2.12. The summed E-state index contributed by atoms with van der Waals surface area (Å²) in [5.74, 6) is 0.0938. The molecule has 0 saturated heterocycles. The molecule has 2 aromatic heterocycles. The Kier molecular flexibility index (Phi) is 8.55. The fourth-order valence-corrected chi connectivity index (χ4v) is 5.69. The van der Waals surface area contributed by atoms with Crippen molar-refractivity contribution in [3.8, 4) is 22.6 Å². The molecule has 0 saturated carbocycles. The van der Waals surface area contributed by atoms with E-state index in [-0.39, 0.29) is 10.9 Å². The number of nitrogens with one attached hydrogen (secondary N) is 2. The maximum absolute atomic E-state index is 13.1. The summed E-state index contributed by atoms with van der Waals surface area (Å²) in [6, 6.07) is 37.5. The highest BCUT2D eigenvalue weighted by atomic mass is 79.9. The lowest BCUT2D eigenvalue weighted by atomic mass is 10.0. The summed E-state index contributed by atoms with van der Waals surface area (Å²) < 4.78 is 4.98. The summed E-state index contributed by atoms with van der Waals surface area (Å²) in [4.78, 5) is 25.8. The molecule has 4 aromatic carbocycles. The first-order valence-electron chi connectivity index (χ1n) is 14.2. The Morgan fingerprint density at radius 3 is 2.00 bits per heavy atom. The van der Waals surface area contributed by atoms with E-state index in [9.17, 15) is 9.59 Å². The summed E-state index contributed by atoms with van der Waals surface area (Å²) in [7, 11) is 0. The number of para-hydroxylation sites is 1. The zero-order valence-corrected chi connectivity index (χ0v) is 26.9.